The molecule has 2 aromatic heterocycles. The van der Waals surface area contributed by atoms with Gasteiger partial charge in [0.1, 0.15) is 11.9 Å². The summed E-state index contributed by atoms with van der Waals surface area (Å²) in [7, 11) is 0. The Morgan fingerprint density at radius 2 is 1.66 bits per heavy atom. The number of halogens is 2. The molecule has 38 heavy (non-hydrogen) atoms. The standard InChI is InChI=1S/C28H28N6O2.2ClH/c1-18-21(12-15-24(29)32-18)16-31-27(35)23-14-13-22-17-30-26(28(36)34(22)23)33-25(19-8-4-2-5-9-19)20-10-6-3-7-11-20;;/h2-12,15,17,23,25H,13-14,16H2,1H3,(H2,29,32)(H,30,33)(H,31,35);2*1H/t23-;;/m0../s1. The number of rotatable bonds is 7. The van der Waals surface area contributed by atoms with Gasteiger partial charge in [0, 0.05) is 24.1 Å². The fraction of sp³-hybridized carbons (Fsp3) is 0.214. The highest BCUT2D eigenvalue weighted by molar-refractivity contribution is 5.85. The van der Waals surface area contributed by atoms with Gasteiger partial charge in [0.05, 0.1) is 6.04 Å². The van der Waals surface area contributed by atoms with Crippen LogP contribution in [0.3, 0.4) is 0 Å². The minimum atomic E-state index is -0.593. The maximum atomic E-state index is 13.6. The van der Waals surface area contributed by atoms with Gasteiger partial charge in [0.25, 0.3) is 5.56 Å². The number of hydrogen-bond acceptors (Lipinski definition) is 6. The maximum Gasteiger partial charge on any atom is 0.294 e. The summed E-state index contributed by atoms with van der Waals surface area (Å²) in [4.78, 5) is 35.4. The molecule has 1 amide bonds. The molecule has 0 spiro atoms. The lowest BCUT2D eigenvalue weighted by atomic mass is 9.99. The van der Waals surface area contributed by atoms with Gasteiger partial charge in [-0.1, -0.05) is 66.7 Å². The van der Waals surface area contributed by atoms with Crippen LogP contribution in [0.15, 0.2) is 83.8 Å². The van der Waals surface area contributed by atoms with E-state index in [0.717, 1.165) is 28.1 Å². The number of fused-ring (bicyclic) bond motifs is 1. The van der Waals surface area contributed by atoms with Crippen molar-refractivity contribution in [2.75, 3.05) is 11.1 Å². The Morgan fingerprint density at radius 3 is 2.26 bits per heavy atom. The molecule has 198 valence electrons. The number of nitrogens with two attached hydrogens (primary N) is 1. The summed E-state index contributed by atoms with van der Waals surface area (Å²) in [6.07, 6.45) is 2.86. The summed E-state index contributed by atoms with van der Waals surface area (Å²) in [5.74, 6) is 0.456. The molecule has 0 unspecified atom stereocenters. The van der Waals surface area contributed by atoms with E-state index in [-0.39, 0.29) is 48.1 Å². The first-order chi connectivity index (χ1) is 17.5. The Hall–Kier alpha value is -3.88. The zero-order chi connectivity index (χ0) is 25.1. The third-order valence-corrected chi connectivity index (χ3v) is 6.58. The monoisotopic (exact) mass is 552 g/mol. The number of hydrogen-bond donors (Lipinski definition) is 3. The van der Waals surface area contributed by atoms with E-state index in [9.17, 15) is 9.59 Å². The van der Waals surface area contributed by atoms with Gasteiger partial charge in [0.2, 0.25) is 5.91 Å². The van der Waals surface area contributed by atoms with E-state index in [0.29, 0.717) is 25.2 Å². The first-order valence-electron chi connectivity index (χ1n) is 12.0. The van der Waals surface area contributed by atoms with E-state index in [2.05, 4.69) is 20.6 Å². The highest BCUT2D eigenvalue weighted by Gasteiger charge is 2.31. The molecule has 5 rings (SSSR count). The van der Waals surface area contributed by atoms with Crippen molar-refractivity contribution in [3.63, 3.8) is 0 Å². The SMILES string of the molecule is Cc1nc(N)ccc1CNC(=O)[C@@H]1CCc2cnc(NC(c3ccccc3)c3ccccc3)c(=O)n21.Cl.Cl. The number of anilines is 2. The lowest BCUT2D eigenvalue weighted by Crippen LogP contribution is -2.36. The van der Waals surface area contributed by atoms with Crippen molar-refractivity contribution >= 4 is 42.4 Å². The largest absolute Gasteiger partial charge is 0.384 e. The summed E-state index contributed by atoms with van der Waals surface area (Å²) < 4.78 is 1.58. The lowest BCUT2D eigenvalue weighted by molar-refractivity contribution is -0.124. The molecule has 0 fully saturated rings. The number of aryl methyl sites for hydroxylation is 2. The van der Waals surface area contributed by atoms with Gasteiger partial charge >= 0.3 is 0 Å². The van der Waals surface area contributed by atoms with E-state index in [1.54, 1.807) is 16.8 Å². The third kappa shape index (κ3) is 5.98. The van der Waals surface area contributed by atoms with Crippen molar-refractivity contribution in [1.82, 2.24) is 19.9 Å². The van der Waals surface area contributed by atoms with E-state index in [1.807, 2.05) is 73.7 Å². The summed E-state index contributed by atoms with van der Waals surface area (Å²) in [6.45, 7) is 2.17. The first kappa shape index (κ1) is 28.7. The van der Waals surface area contributed by atoms with Crippen LogP contribution in [0.5, 0.6) is 0 Å². The third-order valence-electron chi connectivity index (χ3n) is 6.58. The average molecular weight is 553 g/mol. The molecule has 8 nitrogen and oxygen atoms in total. The quantitative estimate of drug-likeness (QED) is 0.313. The number of carbonyl (C=O) groups is 1. The second-order valence-corrected chi connectivity index (χ2v) is 8.92. The fourth-order valence-electron chi connectivity index (χ4n) is 4.67. The van der Waals surface area contributed by atoms with E-state index in [1.165, 1.54) is 0 Å². The predicted molar refractivity (Wildman–Crippen MR) is 154 cm³/mol. The van der Waals surface area contributed by atoms with E-state index >= 15 is 0 Å². The molecule has 4 aromatic rings. The molecule has 1 aliphatic rings. The van der Waals surface area contributed by atoms with Gasteiger partial charge in [-0.25, -0.2) is 9.97 Å². The molecule has 1 atom stereocenters. The highest BCUT2D eigenvalue weighted by atomic mass is 35.5. The van der Waals surface area contributed by atoms with Crippen LogP contribution in [0.25, 0.3) is 0 Å². The Balaban J connectivity index is 0.00000200. The molecule has 10 heteroatoms. The minimum Gasteiger partial charge on any atom is -0.384 e. The maximum absolute atomic E-state index is 13.6. The number of aromatic nitrogens is 3. The summed E-state index contributed by atoms with van der Waals surface area (Å²) in [5.41, 5.74) is 9.86. The second-order valence-electron chi connectivity index (χ2n) is 8.92. The zero-order valence-electron chi connectivity index (χ0n) is 20.8. The predicted octanol–water partition coefficient (Wildman–Crippen LogP) is 4.38. The topological polar surface area (TPSA) is 115 Å². The molecule has 2 aromatic carbocycles. The van der Waals surface area contributed by atoms with Crippen molar-refractivity contribution in [2.24, 2.45) is 0 Å². The van der Waals surface area contributed by atoms with Crippen LogP contribution in [-0.4, -0.2) is 20.4 Å². The van der Waals surface area contributed by atoms with Crippen LogP contribution in [-0.2, 0) is 17.8 Å². The lowest BCUT2D eigenvalue weighted by Gasteiger charge is -2.21. The second kappa shape index (κ2) is 12.6. The molecule has 3 heterocycles. The Bertz CT molecular complexity index is 1410. The van der Waals surface area contributed by atoms with Gasteiger partial charge in [-0.15, -0.1) is 24.8 Å². The van der Waals surface area contributed by atoms with Crippen molar-refractivity contribution in [2.45, 2.75) is 38.4 Å². The number of carbonyl (C=O) groups excluding carboxylic acids is 1. The van der Waals surface area contributed by atoms with Gasteiger partial charge in [-0.3, -0.25) is 14.2 Å². The van der Waals surface area contributed by atoms with Crippen molar-refractivity contribution in [3.8, 4) is 0 Å². The van der Waals surface area contributed by atoms with Crippen LogP contribution in [0.2, 0.25) is 0 Å². The van der Waals surface area contributed by atoms with Gasteiger partial charge in [-0.2, -0.15) is 0 Å². The van der Waals surface area contributed by atoms with Crippen molar-refractivity contribution in [1.29, 1.82) is 0 Å². The van der Waals surface area contributed by atoms with Crippen LogP contribution >= 0.6 is 24.8 Å². The number of nitrogens with one attached hydrogen (secondary N) is 2. The van der Waals surface area contributed by atoms with Gasteiger partial charge < -0.3 is 16.4 Å². The summed E-state index contributed by atoms with van der Waals surface area (Å²) >= 11 is 0. The minimum absolute atomic E-state index is 0. The molecule has 0 bridgehead atoms. The number of benzene rings is 2. The molecule has 0 saturated carbocycles. The van der Waals surface area contributed by atoms with Gasteiger partial charge in [-0.05, 0) is 42.5 Å². The summed E-state index contributed by atoms with van der Waals surface area (Å²) in [5, 5.41) is 6.30. The fourth-order valence-corrected chi connectivity index (χ4v) is 4.67. The van der Waals surface area contributed by atoms with Crippen LogP contribution in [0.4, 0.5) is 11.6 Å². The molecule has 0 saturated heterocycles. The number of nitrogens with zero attached hydrogens (tertiary/aromatic N) is 3. The molecular formula is C28H30Cl2N6O2. The molecule has 4 N–H and O–H groups in total. The van der Waals surface area contributed by atoms with Crippen LogP contribution in [0, 0.1) is 6.92 Å². The Morgan fingerprint density at radius 1 is 1.03 bits per heavy atom. The Labute approximate surface area is 233 Å². The highest BCUT2D eigenvalue weighted by Crippen LogP contribution is 2.27. The molecular weight excluding hydrogens is 523 g/mol. The normalized spacial score (nSPS) is 13.7. The van der Waals surface area contributed by atoms with Crippen molar-refractivity contribution < 1.29 is 4.79 Å². The number of nitrogen functional groups attached to an aromatic ring is 1. The van der Waals surface area contributed by atoms with E-state index in [4.69, 9.17) is 5.73 Å². The molecule has 0 radical (unpaired) electrons. The number of pyridine rings is 1. The van der Waals surface area contributed by atoms with Gasteiger partial charge in [0.15, 0.2) is 5.82 Å². The first-order valence-corrected chi connectivity index (χ1v) is 12.0. The van der Waals surface area contributed by atoms with E-state index < -0.39 is 6.04 Å². The molecule has 0 aliphatic carbocycles. The molecule has 1 aliphatic heterocycles. The summed E-state index contributed by atoms with van der Waals surface area (Å²) in [6, 6.07) is 22.5. The average Bonchev–Trinajstić information content (AvgIpc) is 3.34. The van der Waals surface area contributed by atoms with Crippen LogP contribution < -0.4 is 21.9 Å². The smallest absolute Gasteiger partial charge is 0.294 e. The van der Waals surface area contributed by atoms with Crippen LogP contribution in [0.1, 0.15) is 46.6 Å². The Kier molecular flexibility index (Phi) is 9.50. The zero-order valence-corrected chi connectivity index (χ0v) is 22.5. The number of amides is 1. The van der Waals surface area contributed by atoms with Crippen molar-refractivity contribution in [3.05, 3.63) is 117 Å².